The molecule has 0 fully saturated rings. The van der Waals surface area contributed by atoms with Crippen molar-refractivity contribution < 1.29 is 19.3 Å². The second-order valence-electron chi connectivity index (χ2n) is 3.44. The summed E-state index contributed by atoms with van der Waals surface area (Å²) in [5.74, 6) is -0.680. The lowest BCUT2D eigenvalue weighted by Crippen LogP contribution is -2.06. The third kappa shape index (κ3) is 3.95. The van der Waals surface area contributed by atoms with Crippen LogP contribution < -0.4 is 0 Å². The van der Waals surface area contributed by atoms with Crippen molar-refractivity contribution >= 4 is 17.4 Å². The van der Waals surface area contributed by atoms with Gasteiger partial charge in [-0.15, -0.1) is 0 Å². The van der Waals surface area contributed by atoms with Crippen molar-refractivity contribution in [1.29, 1.82) is 0 Å². The Balaban J connectivity index is 2.67. The number of non-ortho nitro benzene ring substituents is 1. The normalized spacial score (nSPS) is 11.1. The summed E-state index contributed by atoms with van der Waals surface area (Å²) in [6.45, 7) is 1.90. The van der Waals surface area contributed by atoms with E-state index in [4.69, 9.17) is 4.74 Å². The van der Waals surface area contributed by atoms with Gasteiger partial charge in [-0.3, -0.25) is 10.1 Å². The molecule has 0 atom stereocenters. The quantitative estimate of drug-likeness (QED) is 0.344. The van der Waals surface area contributed by atoms with Gasteiger partial charge in [0.25, 0.3) is 5.69 Å². The van der Waals surface area contributed by atoms with Crippen LogP contribution in [-0.2, 0) is 9.57 Å². The van der Waals surface area contributed by atoms with Gasteiger partial charge in [-0.05, 0) is 19.1 Å². The van der Waals surface area contributed by atoms with Crippen LogP contribution in [0.25, 0.3) is 0 Å². The molecule has 0 saturated carbocycles. The molecule has 0 spiro atoms. The Bertz CT molecular complexity index is 467. The molecule has 0 N–H and O–H groups in total. The molecule has 0 saturated heterocycles. The molecule has 0 heterocycles. The Morgan fingerprint density at radius 1 is 1.39 bits per heavy atom. The molecule has 0 aliphatic heterocycles. The number of benzene rings is 1. The Morgan fingerprint density at radius 3 is 2.50 bits per heavy atom. The molecule has 18 heavy (non-hydrogen) atoms. The highest BCUT2D eigenvalue weighted by Gasteiger charge is 2.10. The number of nitro groups is 1. The van der Waals surface area contributed by atoms with E-state index in [1.807, 2.05) is 0 Å². The number of methoxy groups -OCH3 is 1. The Morgan fingerprint density at radius 2 is 2.00 bits per heavy atom. The Hall–Kier alpha value is -2.28. The minimum absolute atomic E-state index is 0.0920. The first-order chi connectivity index (χ1) is 8.54. The molecule has 7 heteroatoms. The topological polar surface area (TPSA) is 91.0 Å². The minimum atomic E-state index is -0.680. The summed E-state index contributed by atoms with van der Waals surface area (Å²) in [4.78, 5) is 26.0. The second kappa shape index (κ2) is 6.45. The number of carbonyl (C=O) groups excluding carboxylic acids is 1. The van der Waals surface area contributed by atoms with Crippen LogP contribution in [0.3, 0.4) is 0 Å². The van der Waals surface area contributed by atoms with E-state index in [0.29, 0.717) is 5.71 Å². The first kappa shape index (κ1) is 13.8. The van der Waals surface area contributed by atoms with Crippen LogP contribution in [-0.4, -0.2) is 30.3 Å². The molecule has 1 rings (SSSR count). The van der Waals surface area contributed by atoms with Gasteiger partial charge >= 0.3 is 5.97 Å². The molecule has 0 aliphatic rings. The van der Waals surface area contributed by atoms with Crippen molar-refractivity contribution in [3.05, 3.63) is 39.9 Å². The summed E-state index contributed by atoms with van der Waals surface area (Å²) in [5, 5.41) is 14.0. The maximum Gasteiger partial charge on any atom is 0.365 e. The van der Waals surface area contributed by atoms with Crippen LogP contribution in [0.15, 0.2) is 29.4 Å². The number of nitro benzene ring substituents is 1. The lowest BCUT2D eigenvalue weighted by atomic mass is 10.2. The first-order valence-electron chi connectivity index (χ1n) is 5.03. The molecule has 96 valence electrons. The van der Waals surface area contributed by atoms with Gasteiger partial charge in [0.2, 0.25) is 0 Å². The van der Waals surface area contributed by atoms with Gasteiger partial charge in [-0.25, -0.2) is 4.79 Å². The van der Waals surface area contributed by atoms with Crippen LogP contribution in [0.1, 0.15) is 17.3 Å². The van der Waals surface area contributed by atoms with E-state index < -0.39 is 10.9 Å². The van der Waals surface area contributed by atoms with Crippen molar-refractivity contribution in [3.8, 4) is 0 Å². The number of hydrogen-bond acceptors (Lipinski definition) is 6. The highest BCUT2D eigenvalue weighted by Crippen LogP contribution is 2.12. The van der Waals surface area contributed by atoms with Gasteiger partial charge in [0, 0.05) is 19.2 Å². The van der Waals surface area contributed by atoms with Crippen LogP contribution >= 0.6 is 0 Å². The largest absolute Gasteiger partial charge is 0.379 e. The number of nitrogens with zero attached hydrogens (tertiary/aromatic N) is 2. The monoisotopic (exact) mass is 252 g/mol. The average Bonchev–Trinajstić information content (AvgIpc) is 2.36. The molecule has 1 aromatic rings. The van der Waals surface area contributed by atoms with Gasteiger partial charge in [-0.2, -0.15) is 0 Å². The maximum absolute atomic E-state index is 11.5. The first-order valence-corrected chi connectivity index (χ1v) is 5.03. The lowest BCUT2D eigenvalue weighted by Gasteiger charge is -2.00. The maximum atomic E-state index is 11.5. The van der Waals surface area contributed by atoms with Crippen LogP contribution in [0, 0.1) is 10.1 Å². The SMILES string of the molecule is COC/C(C)=N\OC(=O)c1ccc([N+](=O)[O-])cc1. The van der Waals surface area contributed by atoms with Crippen molar-refractivity contribution in [2.24, 2.45) is 5.16 Å². The zero-order valence-electron chi connectivity index (χ0n) is 9.95. The van der Waals surface area contributed by atoms with Crippen LogP contribution in [0.5, 0.6) is 0 Å². The summed E-state index contributed by atoms with van der Waals surface area (Å²) in [6, 6.07) is 5.06. The zero-order valence-corrected chi connectivity index (χ0v) is 9.95. The third-order valence-corrected chi connectivity index (χ3v) is 1.95. The van der Waals surface area contributed by atoms with Gasteiger partial charge in [-0.1, -0.05) is 5.16 Å². The predicted molar refractivity (Wildman–Crippen MR) is 63.5 cm³/mol. The van der Waals surface area contributed by atoms with Gasteiger partial charge in [0.15, 0.2) is 0 Å². The number of rotatable bonds is 5. The molecule has 7 nitrogen and oxygen atoms in total. The fraction of sp³-hybridized carbons (Fsp3) is 0.273. The summed E-state index contributed by atoms with van der Waals surface area (Å²) in [7, 11) is 1.50. The molecule has 0 radical (unpaired) electrons. The number of hydrogen-bond donors (Lipinski definition) is 0. The summed E-state index contributed by atoms with van der Waals surface area (Å²) in [5.41, 5.74) is 0.605. The zero-order chi connectivity index (χ0) is 13.5. The van der Waals surface area contributed by atoms with E-state index in [-0.39, 0.29) is 17.9 Å². The van der Waals surface area contributed by atoms with E-state index in [0.717, 1.165) is 0 Å². The van der Waals surface area contributed by atoms with E-state index in [9.17, 15) is 14.9 Å². The minimum Gasteiger partial charge on any atom is -0.379 e. The molecule has 0 amide bonds. The lowest BCUT2D eigenvalue weighted by molar-refractivity contribution is -0.384. The summed E-state index contributed by atoms with van der Waals surface area (Å²) < 4.78 is 4.79. The fourth-order valence-electron chi connectivity index (χ4n) is 1.13. The molecule has 0 bridgehead atoms. The molecule has 0 aliphatic carbocycles. The molecule has 1 aromatic carbocycles. The average molecular weight is 252 g/mol. The number of ether oxygens (including phenoxy) is 1. The van der Waals surface area contributed by atoms with Gasteiger partial charge in [0.05, 0.1) is 22.8 Å². The third-order valence-electron chi connectivity index (χ3n) is 1.95. The predicted octanol–water partition coefficient (Wildman–Crippen LogP) is 1.77. The molecule has 0 aromatic heterocycles. The van der Waals surface area contributed by atoms with E-state index in [1.54, 1.807) is 6.92 Å². The van der Waals surface area contributed by atoms with Crippen LogP contribution in [0.2, 0.25) is 0 Å². The summed E-state index contributed by atoms with van der Waals surface area (Å²) >= 11 is 0. The highest BCUT2D eigenvalue weighted by molar-refractivity contribution is 5.90. The van der Waals surface area contributed by atoms with E-state index in [1.165, 1.54) is 31.4 Å². The molecular formula is C11H12N2O5. The van der Waals surface area contributed by atoms with Crippen molar-refractivity contribution in [2.45, 2.75) is 6.92 Å². The second-order valence-corrected chi connectivity index (χ2v) is 3.44. The molecular weight excluding hydrogens is 240 g/mol. The number of carbonyl (C=O) groups is 1. The molecule has 0 unspecified atom stereocenters. The van der Waals surface area contributed by atoms with Crippen molar-refractivity contribution in [2.75, 3.05) is 13.7 Å². The van der Waals surface area contributed by atoms with Gasteiger partial charge in [0.1, 0.15) is 0 Å². The van der Waals surface area contributed by atoms with Gasteiger partial charge < -0.3 is 9.57 Å². The fourth-order valence-corrected chi connectivity index (χ4v) is 1.13. The van der Waals surface area contributed by atoms with E-state index in [2.05, 4.69) is 9.99 Å². The van der Waals surface area contributed by atoms with Crippen molar-refractivity contribution in [3.63, 3.8) is 0 Å². The highest BCUT2D eigenvalue weighted by atomic mass is 16.7. The Labute approximate surface area is 103 Å². The summed E-state index contributed by atoms with van der Waals surface area (Å²) in [6.07, 6.45) is 0. The van der Waals surface area contributed by atoms with E-state index >= 15 is 0 Å². The Kier molecular flexibility index (Phi) is 4.94. The van der Waals surface area contributed by atoms with Crippen LogP contribution in [0.4, 0.5) is 5.69 Å². The van der Waals surface area contributed by atoms with Crippen molar-refractivity contribution in [1.82, 2.24) is 0 Å². The number of oxime groups is 1. The standard InChI is InChI=1S/C11H12N2O5/c1-8(7-17-2)12-18-11(14)9-3-5-10(6-4-9)13(15)16/h3-6H,7H2,1-2H3/b12-8-. The smallest absolute Gasteiger partial charge is 0.365 e.